The molecule has 0 radical (unpaired) electrons. The first kappa shape index (κ1) is 12.1. The van der Waals surface area contributed by atoms with Crippen molar-refractivity contribution in [2.24, 2.45) is 0 Å². The number of hydrogen-bond donors (Lipinski definition) is 1. The number of hydrogen-bond acceptors (Lipinski definition) is 3. The lowest BCUT2D eigenvalue weighted by Crippen LogP contribution is -2.19. The molecule has 4 heteroatoms. The molecule has 0 spiro atoms. The summed E-state index contributed by atoms with van der Waals surface area (Å²) in [6.07, 6.45) is 2.97. The van der Waals surface area contributed by atoms with Gasteiger partial charge >= 0.3 is 0 Å². The van der Waals surface area contributed by atoms with Gasteiger partial charge in [-0.15, -0.1) is 0 Å². The standard InChI is InChI=1S/C14H12N2O2/c17-9-3-6-12-4-1-2-5-13(12)10-16-11-15-8-7-14(16)18/h1-2,4-5,7-8,11,17H,9-10H2. The van der Waals surface area contributed by atoms with Crippen LogP contribution in [0.2, 0.25) is 0 Å². The quantitative estimate of drug-likeness (QED) is 0.783. The van der Waals surface area contributed by atoms with E-state index in [4.69, 9.17) is 5.11 Å². The van der Waals surface area contributed by atoms with Crippen molar-refractivity contribution in [3.63, 3.8) is 0 Å². The minimum Gasteiger partial charge on any atom is -0.384 e. The van der Waals surface area contributed by atoms with Gasteiger partial charge in [0, 0.05) is 17.8 Å². The molecule has 0 atom stereocenters. The Morgan fingerprint density at radius 1 is 1.28 bits per heavy atom. The molecule has 0 aliphatic heterocycles. The van der Waals surface area contributed by atoms with Gasteiger partial charge in [0.1, 0.15) is 6.61 Å². The maximum Gasteiger partial charge on any atom is 0.253 e. The smallest absolute Gasteiger partial charge is 0.253 e. The predicted octanol–water partition coefficient (Wildman–Crippen LogP) is 0.635. The van der Waals surface area contributed by atoms with E-state index in [1.54, 1.807) is 0 Å². The third kappa shape index (κ3) is 2.84. The van der Waals surface area contributed by atoms with Crippen molar-refractivity contribution in [2.45, 2.75) is 6.54 Å². The fraction of sp³-hybridized carbons (Fsp3) is 0.143. The molecule has 90 valence electrons. The molecule has 1 N–H and O–H groups in total. The van der Waals surface area contributed by atoms with Gasteiger partial charge in [0.05, 0.1) is 12.9 Å². The summed E-state index contributed by atoms with van der Waals surface area (Å²) in [5, 5.41) is 8.71. The predicted molar refractivity (Wildman–Crippen MR) is 68.0 cm³/mol. The largest absolute Gasteiger partial charge is 0.384 e. The van der Waals surface area contributed by atoms with Crippen LogP contribution in [0.3, 0.4) is 0 Å². The Labute approximate surface area is 105 Å². The molecule has 0 saturated heterocycles. The highest BCUT2D eigenvalue weighted by molar-refractivity contribution is 5.41. The first-order chi connectivity index (χ1) is 8.81. The Hall–Kier alpha value is -2.38. The average molecular weight is 240 g/mol. The van der Waals surface area contributed by atoms with Crippen LogP contribution in [0.25, 0.3) is 0 Å². The fourth-order valence-electron chi connectivity index (χ4n) is 1.60. The van der Waals surface area contributed by atoms with Gasteiger partial charge in [-0.3, -0.25) is 9.36 Å². The van der Waals surface area contributed by atoms with Gasteiger partial charge in [0.15, 0.2) is 0 Å². The van der Waals surface area contributed by atoms with E-state index < -0.39 is 0 Å². The fourth-order valence-corrected chi connectivity index (χ4v) is 1.60. The van der Waals surface area contributed by atoms with Gasteiger partial charge in [0.2, 0.25) is 0 Å². The average Bonchev–Trinajstić information content (AvgIpc) is 2.40. The number of aromatic nitrogens is 2. The summed E-state index contributed by atoms with van der Waals surface area (Å²) < 4.78 is 1.51. The van der Waals surface area contributed by atoms with Gasteiger partial charge < -0.3 is 5.11 Å². The van der Waals surface area contributed by atoms with Crippen molar-refractivity contribution in [1.29, 1.82) is 0 Å². The minimum atomic E-state index is -0.179. The van der Waals surface area contributed by atoms with Gasteiger partial charge in [0.25, 0.3) is 5.56 Å². The second-order valence-corrected chi connectivity index (χ2v) is 3.66. The Balaban J connectivity index is 2.35. The Bertz CT molecular complexity index is 650. The summed E-state index contributed by atoms with van der Waals surface area (Å²) in [5.41, 5.74) is 1.63. The molecule has 0 amide bonds. The SMILES string of the molecule is O=c1ccncn1Cc1ccccc1C#CCO. The zero-order valence-corrected chi connectivity index (χ0v) is 9.71. The Morgan fingerprint density at radius 2 is 2.11 bits per heavy atom. The maximum atomic E-state index is 11.6. The molecular formula is C14H12N2O2. The highest BCUT2D eigenvalue weighted by Gasteiger charge is 2.01. The number of aliphatic hydroxyl groups is 1. The zero-order chi connectivity index (χ0) is 12.8. The molecule has 1 heterocycles. The third-order valence-corrected chi connectivity index (χ3v) is 2.45. The molecule has 0 unspecified atom stereocenters. The minimum absolute atomic E-state index is 0.102. The molecule has 18 heavy (non-hydrogen) atoms. The van der Waals surface area contributed by atoms with E-state index in [9.17, 15) is 4.79 Å². The third-order valence-electron chi connectivity index (χ3n) is 2.45. The van der Waals surface area contributed by atoms with Crippen LogP contribution in [0.1, 0.15) is 11.1 Å². The Morgan fingerprint density at radius 3 is 2.89 bits per heavy atom. The summed E-state index contributed by atoms with van der Waals surface area (Å²) in [6, 6.07) is 8.94. The van der Waals surface area contributed by atoms with Gasteiger partial charge in [-0.2, -0.15) is 0 Å². The molecule has 0 bridgehead atoms. The van der Waals surface area contributed by atoms with Crippen LogP contribution in [0, 0.1) is 11.8 Å². The van der Waals surface area contributed by atoms with Gasteiger partial charge in [-0.05, 0) is 11.6 Å². The summed E-state index contributed by atoms with van der Waals surface area (Å²) in [4.78, 5) is 15.5. The van der Waals surface area contributed by atoms with Crippen LogP contribution in [0.15, 0.2) is 47.7 Å². The van der Waals surface area contributed by atoms with Crippen LogP contribution in [-0.2, 0) is 6.54 Å². The molecular weight excluding hydrogens is 228 g/mol. The Kier molecular flexibility index (Phi) is 3.90. The van der Waals surface area contributed by atoms with E-state index in [0.717, 1.165) is 11.1 Å². The molecule has 0 aliphatic rings. The van der Waals surface area contributed by atoms with Crippen molar-refractivity contribution in [3.05, 3.63) is 64.3 Å². The monoisotopic (exact) mass is 240 g/mol. The van der Waals surface area contributed by atoms with E-state index >= 15 is 0 Å². The summed E-state index contributed by atoms with van der Waals surface area (Å²) in [5.74, 6) is 5.47. The summed E-state index contributed by atoms with van der Waals surface area (Å²) >= 11 is 0. The lowest BCUT2D eigenvalue weighted by Gasteiger charge is -2.06. The molecule has 4 nitrogen and oxygen atoms in total. The topological polar surface area (TPSA) is 55.1 Å². The lowest BCUT2D eigenvalue weighted by molar-refractivity contribution is 0.350. The van der Waals surface area contributed by atoms with E-state index in [0.29, 0.717) is 6.54 Å². The van der Waals surface area contributed by atoms with Crippen molar-refractivity contribution in [2.75, 3.05) is 6.61 Å². The number of aliphatic hydroxyl groups excluding tert-OH is 1. The molecule has 1 aromatic heterocycles. The molecule has 2 aromatic rings. The number of benzene rings is 1. The van der Waals surface area contributed by atoms with Crippen LogP contribution in [0.5, 0.6) is 0 Å². The lowest BCUT2D eigenvalue weighted by atomic mass is 10.1. The number of nitrogens with zero attached hydrogens (tertiary/aromatic N) is 2. The van der Waals surface area contributed by atoms with E-state index in [1.807, 2.05) is 24.3 Å². The van der Waals surface area contributed by atoms with Crippen molar-refractivity contribution < 1.29 is 5.11 Å². The highest BCUT2D eigenvalue weighted by Crippen LogP contribution is 2.08. The summed E-state index contributed by atoms with van der Waals surface area (Å²) in [6.45, 7) is 0.240. The second-order valence-electron chi connectivity index (χ2n) is 3.66. The van der Waals surface area contributed by atoms with Gasteiger partial charge in [-0.1, -0.05) is 30.0 Å². The maximum absolute atomic E-state index is 11.6. The molecule has 2 rings (SSSR count). The van der Waals surface area contributed by atoms with Crippen LogP contribution < -0.4 is 5.56 Å². The molecule has 0 fully saturated rings. The van der Waals surface area contributed by atoms with E-state index in [1.165, 1.54) is 23.2 Å². The first-order valence-electron chi connectivity index (χ1n) is 5.49. The van der Waals surface area contributed by atoms with E-state index in [-0.39, 0.29) is 12.2 Å². The van der Waals surface area contributed by atoms with Crippen molar-refractivity contribution in [3.8, 4) is 11.8 Å². The van der Waals surface area contributed by atoms with Crippen molar-refractivity contribution in [1.82, 2.24) is 9.55 Å². The zero-order valence-electron chi connectivity index (χ0n) is 9.71. The van der Waals surface area contributed by atoms with Crippen LogP contribution in [0.4, 0.5) is 0 Å². The van der Waals surface area contributed by atoms with Gasteiger partial charge in [-0.25, -0.2) is 4.98 Å². The van der Waals surface area contributed by atoms with Crippen LogP contribution in [-0.4, -0.2) is 21.3 Å². The van der Waals surface area contributed by atoms with Crippen molar-refractivity contribution >= 4 is 0 Å². The normalized spacial score (nSPS) is 9.61. The highest BCUT2D eigenvalue weighted by atomic mass is 16.2. The molecule has 1 aromatic carbocycles. The van der Waals surface area contributed by atoms with E-state index in [2.05, 4.69) is 16.8 Å². The number of rotatable bonds is 2. The molecule has 0 aliphatic carbocycles. The summed E-state index contributed by atoms with van der Waals surface area (Å²) in [7, 11) is 0. The second kappa shape index (κ2) is 5.80. The molecule has 0 saturated carbocycles. The first-order valence-corrected chi connectivity index (χ1v) is 5.49. The van der Waals surface area contributed by atoms with Crippen LogP contribution >= 0.6 is 0 Å².